The number of piperidine rings is 1. The Kier molecular flexibility index (Phi) is 5.88. The third-order valence-electron chi connectivity index (χ3n) is 4.19. The molecule has 0 radical (unpaired) electrons. The Labute approximate surface area is 130 Å². The molecule has 1 heterocycles. The van der Waals surface area contributed by atoms with Gasteiger partial charge >= 0.3 is 5.97 Å². The van der Waals surface area contributed by atoms with E-state index in [4.69, 9.17) is 16.3 Å². The summed E-state index contributed by atoms with van der Waals surface area (Å²) in [5.41, 5.74) is 0. The third-order valence-corrected chi connectivity index (χ3v) is 4.43. The molecule has 116 valence electrons. The first-order valence-electron chi connectivity index (χ1n) is 7.43. The SMILES string of the molecule is CCN1CCC(C(COc2cccc(Cl)c2)C(=O)O)CC1. The Morgan fingerprint density at radius 2 is 2.19 bits per heavy atom. The van der Waals surface area contributed by atoms with Gasteiger partial charge in [0, 0.05) is 5.02 Å². The van der Waals surface area contributed by atoms with Crippen LogP contribution in [0.5, 0.6) is 5.75 Å². The van der Waals surface area contributed by atoms with E-state index < -0.39 is 11.9 Å². The van der Waals surface area contributed by atoms with Crippen molar-refractivity contribution in [2.24, 2.45) is 11.8 Å². The topological polar surface area (TPSA) is 49.8 Å². The van der Waals surface area contributed by atoms with Crippen LogP contribution in [0.25, 0.3) is 0 Å². The van der Waals surface area contributed by atoms with Crippen LogP contribution in [0.4, 0.5) is 0 Å². The van der Waals surface area contributed by atoms with Crippen LogP contribution in [-0.2, 0) is 4.79 Å². The molecule has 1 N–H and O–H groups in total. The fourth-order valence-electron chi connectivity index (χ4n) is 2.82. The van der Waals surface area contributed by atoms with Gasteiger partial charge in [-0.05, 0) is 56.6 Å². The van der Waals surface area contributed by atoms with Crippen molar-refractivity contribution in [2.45, 2.75) is 19.8 Å². The molecule has 1 aliphatic rings. The van der Waals surface area contributed by atoms with Gasteiger partial charge in [0.2, 0.25) is 0 Å². The monoisotopic (exact) mass is 311 g/mol. The van der Waals surface area contributed by atoms with Crippen molar-refractivity contribution in [1.29, 1.82) is 0 Å². The average molecular weight is 312 g/mol. The van der Waals surface area contributed by atoms with Crippen molar-refractivity contribution in [2.75, 3.05) is 26.2 Å². The van der Waals surface area contributed by atoms with Crippen LogP contribution < -0.4 is 4.74 Å². The van der Waals surface area contributed by atoms with Crippen molar-refractivity contribution < 1.29 is 14.6 Å². The lowest BCUT2D eigenvalue weighted by atomic mass is 9.84. The standard InChI is InChI=1S/C16H22ClNO3/c1-2-18-8-6-12(7-9-18)15(16(19)20)11-21-14-5-3-4-13(17)10-14/h3-5,10,12,15H,2,6-9,11H2,1H3,(H,19,20). The van der Waals surface area contributed by atoms with Gasteiger partial charge in [-0.2, -0.15) is 0 Å². The minimum Gasteiger partial charge on any atom is -0.493 e. The molecule has 0 saturated carbocycles. The lowest BCUT2D eigenvalue weighted by Crippen LogP contribution is -2.39. The summed E-state index contributed by atoms with van der Waals surface area (Å²) in [5.74, 6) is -0.417. The highest BCUT2D eigenvalue weighted by atomic mass is 35.5. The molecule has 0 aliphatic carbocycles. The zero-order valence-electron chi connectivity index (χ0n) is 12.3. The average Bonchev–Trinajstić information content (AvgIpc) is 2.48. The summed E-state index contributed by atoms with van der Waals surface area (Å²) in [6.07, 6.45) is 1.84. The fourth-order valence-corrected chi connectivity index (χ4v) is 3.00. The van der Waals surface area contributed by atoms with Gasteiger partial charge in [0.1, 0.15) is 12.4 Å². The number of hydrogen-bond donors (Lipinski definition) is 1. The van der Waals surface area contributed by atoms with Crippen molar-refractivity contribution >= 4 is 17.6 Å². The van der Waals surface area contributed by atoms with Crippen LogP contribution in [-0.4, -0.2) is 42.2 Å². The number of aliphatic carboxylic acids is 1. The molecule has 2 rings (SSSR count). The maximum Gasteiger partial charge on any atom is 0.310 e. The van der Waals surface area contributed by atoms with E-state index in [2.05, 4.69) is 11.8 Å². The molecule has 0 bridgehead atoms. The van der Waals surface area contributed by atoms with Crippen molar-refractivity contribution in [3.05, 3.63) is 29.3 Å². The second-order valence-electron chi connectivity index (χ2n) is 5.48. The normalized spacial score (nSPS) is 18.4. The summed E-state index contributed by atoms with van der Waals surface area (Å²) in [7, 11) is 0. The first kappa shape index (κ1) is 16.1. The Morgan fingerprint density at radius 1 is 1.48 bits per heavy atom. The molecule has 1 fully saturated rings. The summed E-state index contributed by atoms with van der Waals surface area (Å²) in [4.78, 5) is 13.9. The van der Waals surface area contributed by atoms with Crippen LogP contribution in [0.2, 0.25) is 5.02 Å². The van der Waals surface area contributed by atoms with Gasteiger partial charge in [-0.1, -0.05) is 24.6 Å². The molecule has 1 atom stereocenters. The summed E-state index contributed by atoms with van der Waals surface area (Å²) in [6.45, 7) is 5.32. The molecule has 0 aromatic heterocycles. The molecule has 1 aromatic carbocycles. The summed E-state index contributed by atoms with van der Waals surface area (Å²) in [6, 6.07) is 7.07. The Balaban J connectivity index is 1.92. The molecule has 1 aromatic rings. The van der Waals surface area contributed by atoms with Gasteiger partial charge in [-0.15, -0.1) is 0 Å². The zero-order chi connectivity index (χ0) is 15.2. The zero-order valence-corrected chi connectivity index (χ0v) is 13.1. The number of nitrogens with zero attached hydrogens (tertiary/aromatic N) is 1. The highest BCUT2D eigenvalue weighted by Crippen LogP contribution is 2.27. The number of rotatable bonds is 6. The molecule has 1 unspecified atom stereocenters. The number of halogens is 1. The van der Waals surface area contributed by atoms with E-state index in [0.717, 1.165) is 32.5 Å². The van der Waals surface area contributed by atoms with E-state index in [-0.39, 0.29) is 12.5 Å². The number of benzene rings is 1. The highest BCUT2D eigenvalue weighted by Gasteiger charge is 2.31. The molecule has 0 spiro atoms. The number of carboxylic acid groups (broad SMARTS) is 1. The number of carbonyl (C=O) groups is 1. The molecule has 4 nitrogen and oxygen atoms in total. The van der Waals surface area contributed by atoms with Gasteiger partial charge in [0.25, 0.3) is 0 Å². The number of likely N-dealkylation sites (tertiary alicyclic amines) is 1. The molecule has 21 heavy (non-hydrogen) atoms. The number of carboxylic acids is 1. The predicted molar refractivity (Wildman–Crippen MR) is 82.9 cm³/mol. The fraction of sp³-hybridized carbons (Fsp3) is 0.562. The second-order valence-corrected chi connectivity index (χ2v) is 5.92. The summed E-state index contributed by atoms with van der Waals surface area (Å²) >= 11 is 5.90. The Morgan fingerprint density at radius 3 is 2.76 bits per heavy atom. The molecule has 1 aliphatic heterocycles. The van der Waals surface area contributed by atoms with Gasteiger partial charge in [-0.3, -0.25) is 4.79 Å². The minimum absolute atomic E-state index is 0.185. The van der Waals surface area contributed by atoms with Crippen LogP contribution in [0.15, 0.2) is 24.3 Å². The molecular formula is C16H22ClNO3. The lowest BCUT2D eigenvalue weighted by Gasteiger charge is -2.33. The number of hydrogen-bond acceptors (Lipinski definition) is 3. The number of ether oxygens (including phenoxy) is 1. The smallest absolute Gasteiger partial charge is 0.310 e. The largest absolute Gasteiger partial charge is 0.493 e. The van der Waals surface area contributed by atoms with Crippen LogP contribution >= 0.6 is 11.6 Å². The summed E-state index contributed by atoms with van der Waals surface area (Å²) in [5, 5.41) is 10.1. The lowest BCUT2D eigenvalue weighted by molar-refractivity contribution is -0.145. The van der Waals surface area contributed by atoms with E-state index in [0.29, 0.717) is 10.8 Å². The second kappa shape index (κ2) is 7.66. The van der Waals surface area contributed by atoms with E-state index in [9.17, 15) is 9.90 Å². The maximum atomic E-state index is 11.5. The third kappa shape index (κ3) is 4.61. The van der Waals surface area contributed by atoms with E-state index in [1.807, 2.05) is 0 Å². The van der Waals surface area contributed by atoms with Crippen LogP contribution in [0, 0.1) is 11.8 Å². The molecular weight excluding hydrogens is 290 g/mol. The van der Waals surface area contributed by atoms with E-state index >= 15 is 0 Å². The van der Waals surface area contributed by atoms with Crippen molar-refractivity contribution in [1.82, 2.24) is 4.90 Å². The molecule has 0 amide bonds. The van der Waals surface area contributed by atoms with Crippen LogP contribution in [0.3, 0.4) is 0 Å². The van der Waals surface area contributed by atoms with Gasteiger partial charge in [0.15, 0.2) is 0 Å². The molecule has 5 heteroatoms. The van der Waals surface area contributed by atoms with Gasteiger partial charge in [-0.25, -0.2) is 0 Å². The summed E-state index contributed by atoms with van der Waals surface area (Å²) < 4.78 is 5.64. The van der Waals surface area contributed by atoms with Crippen molar-refractivity contribution in [3.63, 3.8) is 0 Å². The van der Waals surface area contributed by atoms with E-state index in [1.165, 1.54) is 0 Å². The predicted octanol–water partition coefficient (Wildman–Crippen LogP) is 3.15. The van der Waals surface area contributed by atoms with Gasteiger partial charge in [0.05, 0.1) is 5.92 Å². The Hall–Kier alpha value is -1.26. The minimum atomic E-state index is -0.771. The highest BCUT2D eigenvalue weighted by molar-refractivity contribution is 6.30. The quantitative estimate of drug-likeness (QED) is 0.877. The first-order chi connectivity index (χ1) is 10.1. The van der Waals surface area contributed by atoms with E-state index in [1.54, 1.807) is 24.3 Å². The Bertz CT molecular complexity index is 472. The maximum absolute atomic E-state index is 11.5. The van der Waals surface area contributed by atoms with Crippen molar-refractivity contribution in [3.8, 4) is 5.75 Å². The van der Waals surface area contributed by atoms with Gasteiger partial charge < -0.3 is 14.7 Å². The first-order valence-corrected chi connectivity index (χ1v) is 7.81. The van der Waals surface area contributed by atoms with Crippen LogP contribution in [0.1, 0.15) is 19.8 Å². The molecule has 1 saturated heterocycles.